The van der Waals surface area contributed by atoms with E-state index in [0.29, 0.717) is 0 Å². The highest BCUT2D eigenvalue weighted by atomic mass is 15.1. The van der Waals surface area contributed by atoms with Crippen LogP contribution in [0.5, 0.6) is 0 Å². The van der Waals surface area contributed by atoms with Crippen molar-refractivity contribution in [1.29, 1.82) is 0 Å². The molecular formula is C57H37N3. The molecule has 0 N–H and O–H groups in total. The Morgan fingerprint density at radius 2 is 0.917 bits per heavy atom. The maximum atomic E-state index is 4.75. The number of rotatable bonds is 6. The van der Waals surface area contributed by atoms with Gasteiger partial charge in [-0.3, -0.25) is 4.98 Å². The summed E-state index contributed by atoms with van der Waals surface area (Å²) in [6.45, 7) is 0. The SMILES string of the molecule is c1ccc(-c2ccc(N(c3ccc(-c4ccccc4)cc3)c3ccc(-n4c5ccccc5c5ccc6c(c54)-c4cnccc4-c4cccc5cccc-6c45)cc3)cc2)cc1. The second-order valence-corrected chi connectivity index (χ2v) is 15.5. The molecule has 3 heteroatoms. The molecule has 0 unspecified atom stereocenters. The molecule has 2 heterocycles. The van der Waals surface area contributed by atoms with Gasteiger partial charge in [0.15, 0.2) is 0 Å². The van der Waals surface area contributed by atoms with Gasteiger partial charge in [-0.15, -0.1) is 0 Å². The highest BCUT2D eigenvalue weighted by Gasteiger charge is 2.26. The molecule has 0 saturated heterocycles. The molecule has 280 valence electrons. The molecule has 2 aromatic heterocycles. The van der Waals surface area contributed by atoms with Gasteiger partial charge in [0, 0.05) is 57.0 Å². The molecule has 0 saturated carbocycles. The Morgan fingerprint density at radius 3 is 1.55 bits per heavy atom. The van der Waals surface area contributed by atoms with Crippen LogP contribution in [0.3, 0.4) is 0 Å². The Balaban J connectivity index is 1.04. The second kappa shape index (κ2) is 13.8. The summed E-state index contributed by atoms with van der Waals surface area (Å²) < 4.78 is 2.47. The van der Waals surface area contributed by atoms with E-state index in [1.165, 1.54) is 82.6 Å². The van der Waals surface area contributed by atoms with Gasteiger partial charge < -0.3 is 9.47 Å². The van der Waals surface area contributed by atoms with Crippen LogP contribution in [0.1, 0.15) is 0 Å². The van der Waals surface area contributed by atoms with Crippen LogP contribution in [0.4, 0.5) is 17.1 Å². The van der Waals surface area contributed by atoms with E-state index >= 15 is 0 Å². The quantitative estimate of drug-likeness (QED) is 0.168. The van der Waals surface area contributed by atoms with Crippen molar-refractivity contribution in [1.82, 2.24) is 9.55 Å². The van der Waals surface area contributed by atoms with Crippen molar-refractivity contribution in [2.24, 2.45) is 0 Å². The lowest BCUT2D eigenvalue weighted by atomic mass is 9.92. The van der Waals surface area contributed by atoms with E-state index in [1.54, 1.807) is 0 Å². The van der Waals surface area contributed by atoms with E-state index < -0.39 is 0 Å². The second-order valence-electron chi connectivity index (χ2n) is 15.5. The van der Waals surface area contributed by atoms with Crippen molar-refractivity contribution in [3.05, 3.63) is 225 Å². The zero-order chi connectivity index (χ0) is 39.6. The van der Waals surface area contributed by atoms with Crippen LogP contribution in [0.2, 0.25) is 0 Å². The standard InChI is InChI=1S/C57H37N3/c1-3-11-38(12-4-1)40-21-25-43(26-22-40)59(44-27-23-41(24-28-44)39-13-5-2-6-14-39)45-29-31-46(32-30-45)60-54-20-8-7-17-48(54)52-34-33-51-50-19-10-16-42-15-9-18-49(55(42)50)47-35-36-58-37-53(47)56(51)57(52)60/h1-37H. The minimum absolute atomic E-state index is 1.08. The average molecular weight is 764 g/mol. The summed E-state index contributed by atoms with van der Waals surface area (Å²) in [5.74, 6) is 0. The first-order valence-electron chi connectivity index (χ1n) is 20.5. The Morgan fingerprint density at radius 1 is 0.367 bits per heavy atom. The number of benzene rings is 9. The van der Waals surface area contributed by atoms with E-state index in [-0.39, 0.29) is 0 Å². The molecule has 0 amide bonds. The van der Waals surface area contributed by atoms with Crippen LogP contribution in [-0.2, 0) is 0 Å². The van der Waals surface area contributed by atoms with Crippen LogP contribution >= 0.6 is 0 Å². The number of hydrogen-bond acceptors (Lipinski definition) is 2. The Labute approximate surface area is 348 Å². The lowest BCUT2D eigenvalue weighted by Gasteiger charge is -2.26. The van der Waals surface area contributed by atoms with Gasteiger partial charge in [0.25, 0.3) is 0 Å². The molecule has 1 aliphatic rings. The third kappa shape index (κ3) is 5.40. The first kappa shape index (κ1) is 34.1. The summed E-state index contributed by atoms with van der Waals surface area (Å²) in [7, 11) is 0. The third-order valence-corrected chi connectivity index (χ3v) is 12.2. The molecule has 0 atom stereocenters. The lowest BCUT2D eigenvalue weighted by molar-refractivity contribution is 1.17. The Bertz CT molecular complexity index is 3300. The Kier molecular flexibility index (Phi) is 7.85. The normalized spacial score (nSPS) is 11.7. The molecule has 0 aliphatic heterocycles. The van der Waals surface area contributed by atoms with Gasteiger partial charge in [-0.2, -0.15) is 0 Å². The molecule has 11 aromatic rings. The Hall–Kier alpha value is -8.01. The maximum absolute atomic E-state index is 4.75. The number of para-hydroxylation sites is 1. The molecular weight excluding hydrogens is 727 g/mol. The van der Waals surface area contributed by atoms with Gasteiger partial charge in [0.2, 0.25) is 0 Å². The van der Waals surface area contributed by atoms with Crippen molar-refractivity contribution in [3.63, 3.8) is 0 Å². The summed E-state index contributed by atoms with van der Waals surface area (Å²) >= 11 is 0. The van der Waals surface area contributed by atoms with Crippen molar-refractivity contribution >= 4 is 49.6 Å². The van der Waals surface area contributed by atoms with Gasteiger partial charge in [-0.25, -0.2) is 0 Å². The fourth-order valence-corrected chi connectivity index (χ4v) is 9.51. The zero-order valence-electron chi connectivity index (χ0n) is 32.7. The fraction of sp³-hybridized carbons (Fsp3) is 0. The van der Waals surface area contributed by atoms with E-state index in [2.05, 4.69) is 228 Å². The number of anilines is 3. The highest BCUT2D eigenvalue weighted by Crippen LogP contribution is 2.51. The van der Waals surface area contributed by atoms with Gasteiger partial charge in [0.05, 0.1) is 11.0 Å². The maximum Gasteiger partial charge on any atom is 0.0626 e. The molecule has 60 heavy (non-hydrogen) atoms. The van der Waals surface area contributed by atoms with Gasteiger partial charge >= 0.3 is 0 Å². The molecule has 0 fully saturated rings. The third-order valence-electron chi connectivity index (χ3n) is 12.2. The highest BCUT2D eigenvalue weighted by molar-refractivity contribution is 6.21. The van der Waals surface area contributed by atoms with E-state index in [4.69, 9.17) is 4.98 Å². The summed E-state index contributed by atoms with van der Waals surface area (Å²) in [5, 5.41) is 4.97. The number of fused-ring (bicyclic) bond motifs is 9. The molecule has 0 radical (unpaired) electrons. The largest absolute Gasteiger partial charge is 0.311 e. The molecule has 0 bridgehead atoms. The van der Waals surface area contributed by atoms with E-state index in [9.17, 15) is 0 Å². The predicted molar refractivity (Wildman–Crippen MR) is 252 cm³/mol. The smallest absolute Gasteiger partial charge is 0.0626 e. The van der Waals surface area contributed by atoms with Crippen LogP contribution < -0.4 is 4.90 Å². The van der Waals surface area contributed by atoms with Crippen LogP contribution in [0.15, 0.2) is 225 Å². The van der Waals surface area contributed by atoms with Crippen LogP contribution in [0.25, 0.3) is 93.9 Å². The summed E-state index contributed by atoms with van der Waals surface area (Å²) in [4.78, 5) is 7.10. The average Bonchev–Trinajstić information content (AvgIpc) is 3.60. The van der Waals surface area contributed by atoms with Crippen molar-refractivity contribution in [2.75, 3.05) is 4.90 Å². The molecule has 3 nitrogen and oxygen atoms in total. The minimum atomic E-state index is 1.08. The minimum Gasteiger partial charge on any atom is -0.311 e. The lowest BCUT2D eigenvalue weighted by Crippen LogP contribution is -2.10. The van der Waals surface area contributed by atoms with Gasteiger partial charge in [-0.05, 0) is 116 Å². The number of aromatic nitrogens is 2. The first-order valence-corrected chi connectivity index (χ1v) is 20.5. The number of pyridine rings is 1. The summed E-state index contributed by atoms with van der Waals surface area (Å²) in [6, 6.07) is 77.0. The topological polar surface area (TPSA) is 21.1 Å². The fourth-order valence-electron chi connectivity index (χ4n) is 9.51. The van der Waals surface area contributed by atoms with Crippen LogP contribution in [0, 0.1) is 0 Å². The van der Waals surface area contributed by atoms with Gasteiger partial charge in [-0.1, -0.05) is 152 Å². The number of hydrogen-bond donors (Lipinski definition) is 0. The van der Waals surface area contributed by atoms with Crippen molar-refractivity contribution in [2.45, 2.75) is 0 Å². The zero-order valence-corrected chi connectivity index (χ0v) is 32.7. The molecule has 1 aliphatic carbocycles. The molecule has 9 aromatic carbocycles. The van der Waals surface area contributed by atoms with Crippen molar-refractivity contribution < 1.29 is 0 Å². The molecule has 0 spiro atoms. The van der Waals surface area contributed by atoms with Crippen LogP contribution in [-0.4, -0.2) is 9.55 Å². The van der Waals surface area contributed by atoms with E-state index in [1.807, 2.05) is 6.20 Å². The van der Waals surface area contributed by atoms with Gasteiger partial charge in [0.1, 0.15) is 0 Å². The summed E-state index contributed by atoms with van der Waals surface area (Å²) in [5.41, 5.74) is 18.8. The van der Waals surface area contributed by atoms with E-state index in [0.717, 1.165) is 28.3 Å². The monoisotopic (exact) mass is 763 g/mol. The first-order chi connectivity index (χ1) is 29.8. The molecule has 12 rings (SSSR count). The predicted octanol–water partition coefficient (Wildman–Crippen LogP) is 15.5. The number of nitrogens with zero attached hydrogens (tertiary/aromatic N) is 3. The van der Waals surface area contributed by atoms with Crippen molar-refractivity contribution in [3.8, 4) is 61.3 Å². The summed E-state index contributed by atoms with van der Waals surface area (Å²) in [6.07, 6.45) is 3.99.